The zero-order chi connectivity index (χ0) is 20.8. The minimum absolute atomic E-state index is 0.312. The smallest absolute Gasteiger partial charge is 0.342 e. The molecule has 0 aliphatic rings. The predicted molar refractivity (Wildman–Crippen MR) is 112 cm³/mol. The van der Waals surface area contributed by atoms with E-state index in [1.165, 1.54) is 0 Å². The topological polar surface area (TPSA) is 73.2 Å². The first-order chi connectivity index (χ1) is 14.0. The van der Waals surface area contributed by atoms with E-state index in [-0.39, 0.29) is 5.91 Å². The van der Waals surface area contributed by atoms with Crippen molar-refractivity contribution in [3.63, 3.8) is 0 Å². The molecule has 0 unspecified atom stereocenters. The molecule has 1 heterocycles. The number of hydrogen-bond acceptors (Lipinski definition) is 4. The molecule has 3 aromatic rings. The standard InChI is InChI=1S/C23H25N3O3/c1-4-14-24-22(27)17(3)29-23(28)20-15-26(18-11-6-5-7-12-18)25-21(20)19-13-9-8-10-16(19)2/h5-13,15,17H,4,14H2,1-3H3,(H,24,27)/t17-/m0/s1. The van der Waals surface area contributed by atoms with Crippen LogP contribution in [-0.2, 0) is 9.53 Å². The first-order valence-electron chi connectivity index (χ1n) is 9.71. The molecule has 2 aromatic carbocycles. The molecule has 1 amide bonds. The molecule has 3 rings (SSSR count). The van der Waals surface area contributed by atoms with E-state index in [0.29, 0.717) is 17.8 Å². The van der Waals surface area contributed by atoms with Crippen LogP contribution in [0.2, 0.25) is 0 Å². The molecule has 0 saturated heterocycles. The maximum Gasteiger partial charge on any atom is 0.342 e. The van der Waals surface area contributed by atoms with Crippen molar-refractivity contribution in [3.05, 3.63) is 71.9 Å². The number of rotatable bonds is 7. The summed E-state index contributed by atoms with van der Waals surface area (Å²) < 4.78 is 7.10. The molecule has 0 spiro atoms. The van der Waals surface area contributed by atoms with Crippen LogP contribution >= 0.6 is 0 Å². The Morgan fingerprint density at radius 1 is 1.10 bits per heavy atom. The largest absolute Gasteiger partial charge is 0.449 e. The van der Waals surface area contributed by atoms with E-state index in [0.717, 1.165) is 23.2 Å². The Hall–Kier alpha value is -3.41. The van der Waals surface area contributed by atoms with Gasteiger partial charge in [-0.25, -0.2) is 9.48 Å². The van der Waals surface area contributed by atoms with Crippen LogP contribution in [-0.4, -0.2) is 34.3 Å². The average molecular weight is 391 g/mol. The van der Waals surface area contributed by atoms with Gasteiger partial charge in [-0.05, 0) is 38.0 Å². The lowest BCUT2D eigenvalue weighted by molar-refractivity contribution is -0.129. The Morgan fingerprint density at radius 3 is 2.48 bits per heavy atom. The van der Waals surface area contributed by atoms with Gasteiger partial charge < -0.3 is 10.1 Å². The lowest BCUT2D eigenvalue weighted by Crippen LogP contribution is -2.36. The molecule has 0 radical (unpaired) electrons. The lowest BCUT2D eigenvalue weighted by Gasteiger charge is -2.13. The number of amides is 1. The first kappa shape index (κ1) is 20.3. The zero-order valence-corrected chi connectivity index (χ0v) is 16.9. The van der Waals surface area contributed by atoms with Gasteiger partial charge >= 0.3 is 5.97 Å². The van der Waals surface area contributed by atoms with Gasteiger partial charge in [-0.15, -0.1) is 0 Å². The summed E-state index contributed by atoms with van der Waals surface area (Å²) in [5.41, 5.74) is 3.51. The molecule has 6 nitrogen and oxygen atoms in total. The van der Waals surface area contributed by atoms with Gasteiger partial charge in [-0.3, -0.25) is 4.79 Å². The van der Waals surface area contributed by atoms with Crippen molar-refractivity contribution >= 4 is 11.9 Å². The molecule has 0 saturated carbocycles. The number of carbonyl (C=O) groups is 2. The zero-order valence-electron chi connectivity index (χ0n) is 16.9. The van der Waals surface area contributed by atoms with Crippen LogP contribution in [0.15, 0.2) is 60.8 Å². The molecule has 1 N–H and O–H groups in total. The van der Waals surface area contributed by atoms with Crippen LogP contribution in [0.3, 0.4) is 0 Å². The minimum Gasteiger partial charge on any atom is -0.449 e. The second-order valence-corrected chi connectivity index (χ2v) is 6.82. The third-order valence-electron chi connectivity index (χ3n) is 4.56. The average Bonchev–Trinajstić information content (AvgIpc) is 3.18. The molecular weight excluding hydrogens is 366 g/mol. The van der Waals surface area contributed by atoms with Gasteiger partial charge in [0.1, 0.15) is 11.3 Å². The maximum atomic E-state index is 12.9. The fourth-order valence-corrected chi connectivity index (χ4v) is 2.94. The number of esters is 1. The van der Waals surface area contributed by atoms with E-state index in [2.05, 4.69) is 10.4 Å². The van der Waals surface area contributed by atoms with Crippen molar-refractivity contribution in [1.82, 2.24) is 15.1 Å². The van der Waals surface area contributed by atoms with Crippen LogP contribution in [0.1, 0.15) is 36.2 Å². The van der Waals surface area contributed by atoms with E-state index in [4.69, 9.17) is 4.74 Å². The Kier molecular flexibility index (Phi) is 6.44. The van der Waals surface area contributed by atoms with Gasteiger partial charge in [0.2, 0.25) is 0 Å². The normalized spacial score (nSPS) is 11.7. The summed E-state index contributed by atoms with van der Waals surface area (Å²) in [5, 5.41) is 7.39. The molecule has 0 fully saturated rings. The predicted octanol–water partition coefficient (Wildman–Crippen LogP) is 3.92. The molecule has 0 aliphatic heterocycles. The van der Waals surface area contributed by atoms with Crippen molar-refractivity contribution in [2.75, 3.05) is 6.54 Å². The van der Waals surface area contributed by atoms with Crippen molar-refractivity contribution in [1.29, 1.82) is 0 Å². The molecule has 0 aliphatic carbocycles. The van der Waals surface area contributed by atoms with Gasteiger partial charge in [0.15, 0.2) is 6.10 Å². The summed E-state index contributed by atoms with van der Waals surface area (Å²) in [4.78, 5) is 25.0. The number of hydrogen-bond donors (Lipinski definition) is 1. The van der Waals surface area contributed by atoms with Crippen molar-refractivity contribution < 1.29 is 14.3 Å². The number of aryl methyl sites for hydroxylation is 1. The maximum absolute atomic E-state index is 12.9. The number of aromatic nitrogens is 2. The molecule has 6 heteroatoms. The van der Waals surface area contributed by atoms with E-state index in [9.17, 15) is 9.59 Å². The summed E-state index contributed by atoms with van der Waals surface area (Å²) in [6.07, 6.45) is 1.57. The fourth-order valence-electron chi connectivity index (χ4n) is 2.94. The minimum atomic E-state index is -0.890. The number of carbonyl (C=O) groups excluding carboxylic acids is 2. The molecule has 150 valence electrons. The third-order valence-corrected chi connectivity index (χ3v) is 4.56. The fraction of sp³-hybridized carbons (Fsp3) is 0.261. The van der Waals surface area contributed by atoms with E-state index in [1.54, 1.807) is 17.8 Å². The Labute approximate surface area is 170 Å². The summed E-state index contributed by atoms with van der Waals surface area (Å²) in [5.74, 6) is -0.891. The molecule has 1 aromatic heterocycles. The van der Waals surface area contributed by atoms with Crippen LogP contribution in [0.4, 0.5) is 0 Å². The highest BCUT2D eigenvalue weighted by atomic mass is 16.5. The Morgan fingerprint density at radius 2 is 1.79 bits per heavy atom. The van der Waals surface area contributed by atoms with Crippen molar-refractivity contribution in [2.45, 2.75) is 33.3 Å². The third kappa shape index (κ3) is 4.71. The molecule has 0 bridgehead atoms. The highest BCUT2D eigenvalue weighted by Crippen LogP contribution is 2.27. The van der Waals surface area contributed by atoms with Crippen LogP contribution < -0.4 is 5.32 Å². The number of benzene rings is 2. The van der Waals surface area contributed by atoms with Crippen molar-refractivity contribution in [2.24, 2.45) is 0 Å². The van der Waals surface area contributed by atoms with Crippen LogP contribution in [0, 0.1) is 6.92 Å². The van der Waals surface area contributed by atoms with Gasteiger partial charge in [-0.1, -0.05) is 49.4 Å². The summed E-state index contributed by atoms with van der Waals surface area (Å²) in [6, 6.07) is 17.3. The number of nitrogens with zero attached hydrogens (tertiary/aromatic N) is 2. The number of ether oxygens (including phenoxy) is 1. The highest BCUT2D eigenvalue weighted by Gasteiger charge is 2.24. The number of para-hydroxylation sites is 1. The van der Waals surface area contributed by atoms with E-state index < -0.39 is 12.1 Å². The van der Waals surface area contributed by atoms with Gasteiger partial charge in [-0.2, -0.15) is 5.10 Å². The quantitative estimate of drug-likeness (QED) is 0.620. The van der Waals surface area contributed by atoms with E-state index in [1.807, 2.05) is 68.4 Å². The lowest BCUT2D eigenvalue weighted by atomic mass is 10.0. The summed E-state index contributed by atoms with van der Waals surface area (Å²) in [6.45, 7) is 6.04. The highest BCUT2D eigenvalue weighted by molar-refractivity contribution is 5.98. The van der Waals surface area contributed by atoms with E-state index >= 15 is 0 Å². The number of nitrogens with one attached hydrogen (secondary N) is 1. The monoisotopic (exact) mass is 391 g/mol. The molecule has 29 heavy (non-hydrogen) atoms. The first-order valence-corrected chi connectivity index (χ1v) is 9.71. The summed E-state index contributed by atoms with van der Waals surface area (Å²) in [7, 11) is 0. The molecule has 1 atom stereocenters. The van der Waals surface area contributed by atoms with Crippen molar-refractivity contribution in [3.8, 4) is 16.9 Å². The second-order valence-electron chi connectivity index (χ2n) is 6.82. The van der Waals surface area contributed by atoms with Gasteiger partial charge in [0.25, 0.3) is 5.91 Å². The molecular formula is C23H25N3O3. The van der Waals surface area contributed by atoms with Crippen LogP contribution in [0.25, 0.3) is 16.9 Å². The van der Waals surface area contributed by atoms with Crippen LogP contribution in [0.5, 0.6) is 0 Å². The summed E-state index contributed by atoms with van der Waals surface area (Å²) >= 11 is 0. The van der Waals surface area contributed by atoms with Gasteiger partial charge in [0, 0.05) is 18.3 Å². The van der Waals surface area contributed by atoms with Gasteiger partial charge in [0.05, 0.1) is 5.69 Å². The Bertz CT molecular complexity index is 996. The second kappa shape index (κ2) is 9.19. The Balaban J connectivity index is 1.96. The SMILES string of the molecule is CCCNC(=O)[C@H](C)OC(=O)c1cn(-c2ccccc2)nc1-c1ccccc1C.